The van der Waals surface area contributed by atoms with E-state index in [2.05, 4.69) is 27.6 Å². The average Bonchev–Trinajstić information content (AvgIpc) is 2.99. The van der Waals surface area contributed by atoms with Crippen LogP contribution in [-0.2, 0) is 29.6 Å². The van der Waals surface area contributed by atoms with Crippen LogP contribution in [0.15, 0.2) is 89.1 Å². The number of hydrogen-bond acceptors (Lipinski definition) is 8. The van der Waals surface area contributed by atoms with Crippen molar-refractivity contribution in [3.05, 3.63) is 95.0 Å². The molecular formula is C30H34ClN6O5P. The van der Waals surface area contributed by atoms with Crippen molar-refractivity contribution < 1.29 is 23.2 Å². The normalized spacial score (nSPS) is 12.3. The van der Waals surface area contributed by atoms with E-state index in [1.165, 1.54) is 23.5 Å². The second kappa shape index (κ2) is 16.5. The summed E-state index contributed by atoms with van der Waals surface area (Å²) in [5.74, 6) is 5.06. The van der Waals surface area contributed by atoms with Crippen molar-refractivity contribution in [1.82, 2.24) is 5.32 Å². The Kier molecular flexibility index (Phi) is 12.8. The number of hydrogen-bond donors (Lipinski definition) is 3. The molecule has 3 rings (SSSR count). The summed E-state index contributed by atoms with van der Waals surface area (Å²) in [6.45, 7) is 7.17. The van der Waals surface area contributed by atoms with Gasteiger partial charge in [-0.05, 0) is 68.0 Å². The maximum absolute atomic E-state index is 13.4. The molecule has 2 amide bonds. The Morgan fingerprint density at radius 1 is 1.07 bits per heavy atom. The van der Waals surface area contributed by atoms with E-state index in [-0.39, 0.29) is 19.6 Å². The molecule has 0 unspecified atom stereocenters. The van der Waals surface area contributed by atoms with Gasteiger partial charge in [-0.2, -0.15) is 5.10 Å². The van der Waals surface area contributed by atoms with Crippen molar-refractivity contribution >= 4 is 66.8 Å². The Morgan fingerprint density at radius 2 is 1.74 bits per heavy atom. The van der Waals surface area contributed by atoms with Gasteiger partial charge in [-0.1, -0.05) is 41.9 Å². The molecule has 11 nitrogen and oxygen atoms in total. The number of rotatable bonds is 15. The standard InChI is InChI=1S/C30H34ClN6O5P/c1-4-41-43(40,42-5-2)26-15-13-25(14-16-26)35-30(39)27(19-22-9-7-6-8-10-22)36-29(38)18-11-23-20-24(31)12-17-28(23)37(32)21-34-33-3/h6-18,20-21,27H,3-5,19,32H2,1-2H3,(H,35,39)(H,36,38)/b18-11+,34-21-/t27-/m0/s1. The average molecular weight is 625 g/mol. The SMILES string of the molecule is C=N/N=C\N(N)c1ccc(Cl)cc1/C=C/C(=O)N[C@@H](Cc1ccccc1)C(=O)Nc1ccc(P(=O)(OCC)OCC)cc1. The van der Waals surface area contributed by atoms with Crippen molar-refractivity contribution in [3.63, 3.8) is 0 Å². The van der Waals surface area contributed by atoms with E-state index >= 15 is 0 Å². The number of nitrogens with zero attached hydrogens (tertiary/aromatic N) is 3. The highest BCUT2D eigenvalue weighted by Gasteiger charge is 2.27. The van der Waals surface area contributed by atoms with Gasteiger partial charge in [0.1, 0.15) is 12.4 Å². The molecule has 0 aromatic heterocycles. The van der Waals surface area contributed by atoms with Crippen LogP contribution in [0.4, 0.5) is 11.4 Å². The molecule has 0 aliphatic carbocycles. The van der Waals surface area contributed by atoms with Crippen LogP contribution < -0.4 is 26.8 Å². The zero-order chi connectivity index (χ0) is 31.2. The van der Waals surface area contributed by atoms with E-state index in [0.29, 0.717) is 27.3 Å². The van der Waals surface area contributed by atoms with E-state index < -0.39 is 25.5 Å². The highest BCUT2D eigenvalue weighted by molar-refractivity contribution is 7.62. The van der Waals surface area contributed by atoms with E-state index in [9.17, 15) is 14.2 Å². The highest BCUT2D eigenvalue weighted by atomic mass is 35.5. The molecule has 0 aliphatic heterocycles. The Morgan fingerprint density at radius 3 is 2.37 bits per heavy atom. The summed E-state index contributed by atoms with van der Waals surface area (Å²) in [4.78, 5) is 26.4. The number of nitrogens with two attached hydrogens (primary N) is 1. The summed E-state index contributed by atoms with van der Waals surface area (Å²) in [5.41, 5.74) is 2.32. The van der Waals surface area contributed by atoms with Crippen molar-refractivity contribution in [1.29, 1.82) is 0 Å². The molecule has 0 bridgehead atoms. The van der Waals surface area contributed by atoms with Gasteiger partial charge in [-0.25, -0.2) is 5.84 Å². The van der Waals surface area contributed by atoms with Crippen molar-refractivity contribution in [3.8, 4) is 0 Å². The smallest absolute Gasteiger partial charge is 0.340 e. The molecule has 1 atom stereocenters. The van der Waals surface area contributed by atoms with E-state index in [1.807, 2.05) is 30.3 Å². The third-order valence-corrected chi connectivity index (χ3v) is 8.27. The summed E-state index contributed by atoms with van der Waals surface area (Å²) in [6, 6.07) is 19.7. The Hall–Kier alpha value is -4.12. The minimum Gasteiger partial charge on any atom is -0.340 e. The Balaban J connectivity index is 1.80. The summed E-state index contributed by atoms with van der Waals surface area (Å²) in [5, 5.41) is 14.7. The van der Waals surface area contributed by atoms with E-state index in [0.717, 1.165) is 5.56 Å². The molecule has 0 saturated heterocycles. The number of carbonyl (C=O) groups is 2. The first-order chi connectivity index (χ1) is 20.7. The molecule has 0 fully saturated rings. The van der Waals surface area contributed by atoms with E-state index in [4.69, 9.17) is 26.5 Å². The molecule has 4 N–H and O–H groups in total. The maximum Gasteiger partial charge on any atom is 0.361 e. The van der Waals surface area contributed by atoms with Gasteiger partial charge in [-0.15, -0.1) is 5.10 Å². The second-order valence-electron chi connectivity index (χ2n) is 8.94. The summed E-state index contributed by atoms with van der Waals surface area (Å²) in [7, 11) is -3.47. The van der Waals surface area contributed by atoms with Crippen LogP contribution >= 0.6 is 19.2 Å². The van der Waals surface area contributed by atoms with Gasteiger partial charge in [0.05, 0.1) is 24.2 Å². The fourth-order valence-electron chi connectivity index (χ4n) is 3.98. The number of benzene rings is 3. The predicted molar refractivity (Wildman–Crippen MR) is 173 cm³/mol. The third kappa shape index (κ3) is 9.99. The lowest BCUT2D eigenvalue weighted by Crippen LogP contribution is -2.44. The van der Waals surface area contributed by atoms with Gasteiger partial charge < -0.3 is 19.7 Å². The molecule has 0 radical (unpaired) electrons. The molecular weight excluding hydrogens is 591 g/mol. The number of amides is 2. The first-order valence-corrected chi connectivity index (χ1v) is 15.3. The molecule has 3 aromatic rings. The van der Waals surface area contributed by atoms with Crippen LogP contribution in [-0.4, -0.2) is 44.1 Å². The Bertz CT molecular complexity index is 1490. The van der Waals surface area contributed by atoms with Gasteiger partial charge in [0, 0.05) is 35.5 Å². The molecule has 0 aliphatic rings. The van der Waals surface area contributed by atoms with Crippen LogP contribution in [0.25, 0.3) is 6.08 Å². The lowest BCUT2D eigenvalue weighted by Gasteiger charge is -2.19. The molecule has 226 valence electrons. The van der Waals surface area contributed by atoms with Crippen molar-refractivity contribution in [2.24, 2.45) is 16.0 Å². The summed E-state index contributed by atoms with van der Waals surface area (Å²) in [6.07, 6.45) is 4.30. The first kappa shape index (κ1) is 33.4. The van der Waals surface area contributed by atoms with Crippen LogP contribution in [0.3, 0.4) is 0 Å². The first-order valence-electron chi connectivity index (χ1n) is 13.3. The highest BCUT2D eigenvalue weighted by Crippen LogP contribution is 2.46. The lowest BCUT2D eigenvalue weighted by atomic mass is 10.0. The maximum atomic E-state index is 13.4. The fourth-order valence-corrected chi connectivity index (χ4v) is 5.72. The molecule has 13 heteroatoms. The zero-order valence-electron chi connectivity index (χ0n) is 23.9. The van der Waals surface area contributed by atoms with Gasteiger partial charge in [0.25, 0.3) is 0 Å². The molecule has 0 saturated carbocycles. The second-order valence-corrected chi connectivity index (χ2v) is 11.4. The van der Waals surface area contributed by atoms with E-state index in [1.54, 1.807) is 56.3 Å². The molecule has 0 spiro atoms. The zero-order valence-corrected chi connectivity index (χ0v) is 25.5. The van der Waals surface area contributed by atoms with Gasteiger partial charge in [0.15, 0.2) is 0 Å². The van der Waals surface area contributed by atoms with Crippen molar-refractivity contribution in [2.45, 2.75) is 26.3 Å². The topological polar surface area (TPSA) is 148 Å². The molecule has 0 heterocycles. The van der Waals surface area contributed by atoms with Gasteiger partial charge in [0.2, 0.25) is 11.8 Å². The molecule has 43 heavy (non-hydrogen) atoms. The number of anilines is 2. The largest absolute Gasteiger partial charge is 0.361 e. The van der Waals surface area contributed by atoms with Crippen LogP contribution in [0.2, 0.25) is 5.02 Å². The van der Waals surface area contributed by atoms with Crippen LogP contribution in [0.5, 0.6) is 0 Å². The van der Waals surface area contributed by atoms with Gasteiger partial charge >= 0.3 is 7.60 Å². The monoisotopic (exact) mass is 624 g/mol. The number of nitrogens with one attached hydrogen (secondary N) is 2. The van der Waals surface area contributed by atoms with Crippen molar-refractivity contribution in [2.75, 3.05) is 23.5 Å². The van der Waals surface area contributed by atoms with Crippen LogP contribution in [0, 0.1) is 0 Å². The van der Waals surface area contributed by atoms with Gasteiger partial charge in [-0.3, -0.25) is 19.2 Å². The summed E-state index contributed by atoms with van der Waals surface area (Å²) < 4.78 is 23.8. The quantitative estimate of drug-likeness (QED) is 0.0542. The number of carbonyl (C=O) groups excluding carboxylic acids is 2. The molecule has 3 aromatic carbocycles. The Labute approximate surface area is 255 Å². The number of hydrazine groups is 1. The minimum absolute atomic E-state index is 0.217. The predicted octanol–water partition coefficient (Wildman–Crippen LogP) is 4.93. The van der Waals surface area contributed by atoms with Crippen LogP contribution in [0.1, 0.15) is 25.0 Å². The minimum atomic E-state index is -3.47. The number of halogens is 1. The summed E-state index contributed by atoms with van der Waals surface area (Å²) >= 11 is 6.16. The fraction of sp³-hybridized carbons (Fsp3) is 0.200. The third-order valence-electron chi connectivity index (χ3n) is 5.90. The lowest BCUT2D eigenvalue weighted by molar-refractivity contribution is -0.123.